The fourth-order valence-corrected chi connectivity index (χ4v) is 0.931. The Bertz CT molecular complexity index is 266. The van der Waals surface area contributed by atoms with Crippen LogP contribution in [0.4, 0.5) is 5.69 Å². The number of carbonyl (C=O) groups excluding carboxylic acids is 1. The maximum atomic E-state index is 10.1. The smallest absolute Gasteiger partial charge is 0.0417 e. The second-order valence-corrected chi connectivity index (χ2v) is 2.61. The lowest BCUT2D eigenvalue weighted by Crippen LogP contribution is -2.22. The van der Waals surface area contributed by atoms with E-state index in [4.69, 9.17) is 5.73 Å². The Kier molecular flexibility index (Phi) is 2.69. The molecule has 0 radical (unpaired) electrons. The van der Waals surface area contributed by atoms with E-state index in [0.717, 1.165) is 5.56 Å². The van der Waals surface area contributed by atoms with Crippen molar-refractivity contribution in [2.24, 2.45) is 0 Å². The lowest BCUT2D eigenvalue weighted by molar-refractivity contribution is -0.305. The summed E-state index contributed by atoms with van der Waals surface area (Å²) >= 11 is 0. The number of carbonyl (C=O) groups is 1. The van der Waals surface area contributed by atoms with Crippen LogP contribution in [-0.4, -0.2) is 5.97 Å². The quantitative estimate of drug-likeness (QED) is 0.637. The number of nitrogens with two attached hydrogens (primary N) is 1. The number of rotatable bonds is 3. The van der Waals surface area contributed by atoms with Crippen LogP contribution in [0, 0.1) is 0 Å². The molecule has 0 aliphatic rings. The Morgan fingerprint density at radius 3 is 2.42 bits per heavy atom. The standard InChI is InChI=1S/C9H11NO2/c10-8-4-1-7(2-5-8)3-6-9(11)12/h1-2,4-5H,3,6,10H2,(H,11,12)/p-1. The highest BCUT2D eigenvalue weighted by Gasteiger charge is 1.92. The number of carboxylic acids is 1. The van der Waals surface area contributed by atoms with E-state index in [9.17, 15) is 9.90 Å². The van der Waals surface area contributed by atoms with Gasteiger partial charge in [0, 0.05) is 11.7 Å². The fourth-order valence-electron chi connectivity index (χ4n) is 0.931. The van der Waals surface area contributed by atoms with Crippen LogP contribution >= 0.6 is 0 Å². The van der Waals surface area contributed by atoms with E-state index in [1.165, 1.54) is 0 Å². The van der Waals surface area contributed by atoms with Crippen molar-refractivity contribution in [2.45, 2.75) is 12.8 Å². The van der Waals surface area contributed by atoms with Crippen molar-refractivity contribution >= 4 is 11.7 Å². The molecule has 1 aromatic carbocycles. The number of benzene rings is 1. The molecule has 0 aliphatic heterocycles. The molecular formula is C9H10NO2-. The molecule has 0 heterocycles. The molecule has 1 rings (SSSR count). The van der Waals surface area contributed by atoms with E-state index in [2.05, 4.69) is 0 Å². The van der Waals surface area contributed by atoms with Crippen LogP contribution in [-0.2, 0) is 11.2 Å². The van der Waals surface area contributed by atoms with Crippen LogP contribution in [0.2, 0.25) is 0 Å². The lowest BCUT2D eigenvalue weighted by atomic mass is 10.1. The van der Waals surface area contributed by atoms with Crippen LogP contribution in [0.5, 0.6) is 0 Å². The van der Waals surface area contributed by atoms with E-state index in [-0.39, 0.29) is 6.42 Å². The van der Waals surface area contributed by atoms with Gasteiger partial charge in [-0.2, -0.15) is 0 Å². The largest absolute Gasteiger partial charge is 0.550 e. The summed E-state index contributed by atoms with van der Waals surface area (Å²) in [4.78, 5) is 10.1. The Hall–Kier alpha value is -1.51. The molecule has 3 heteroatoms. The highest BCUT2D eigenvalue weighted by atomic mass is 16.4. The van der Waals surface area contributed by atoms with Crippen LogP contribution in [0.1, 0.15) is 12.0 Å². The molecule has 0 aromatic heterocycles. The molecule has 0 saturated carbocycles. The van der Waals surface area contributed by atoms with E-state index in [1.807, 2.05) is 12.1 Å². The highest BCUT2D eigenvalue weighted by molar-refractivity contribution is 5.64. The topological polar surface area (TPSA) is 66.2 Å². The van der Waals surface area contributed by atoms with Gasteiger partial charge in [0.05, 0.1) is 0 Å². The number of hydrogen-bond acceptors (Lipinski definition) is 3. The van der Waals surface area contributed by atoms with Crippen molar-refractivity contribution in [1.82, 2.24) is 0 Å². The van der Waals surface area contributed by atoms with Crippen molar-refractivity contribution in [1.29, 1.82) is 0 Å². The minimum atomic E-state index is -1.02. The molecule has 2 N–H and O–H groups in total. The number of nitrogen functional groups attached to an aromatic ring is 1. The number of aliphatic carboxylic acids is 1. The molecular weight excluding hydrogens is 154 g/mol. The molecule has 12 heavy (non-hydrogen) atoms. The first-order chi connectivity index (χ1) is 5.68. The van der Waals surface area contributed by atoms with Gasteiger partial charge in [-0.25, -0.2) is 0 Å². The normalized spacial score (nSPS) is 9.67. The second kappa shape index (κ2) is 3.76. The minimum absolute atomic E-state index is 0.0594. The molecule has 0 unspecified atom stereocenters. The summed E-state index contributed by atoms with van der Waals surface area (Å²) in [5, 5.41) is 10.1. The van der Waals surface area contributed by atoms with E-state index >= 15 is 0 Å². The van der Waals surface area contributed by atoms with Gasteiger partial charge in [0.1, 0.15) is 0 Å². The van der Waals surface area contributed by atoms with Crippen molar-refractivity contribution in [2.75, 3.05) is 5.73 Å². The van der Waals surface area contributed by atoms with Crippen LogP contribution in [0.15, 0.2) is 24.3 Å². The Labute approximate surface area is 70.8 Å². The highest BCUT2D eigenvalue weighted by Crippen LogP contribution is 2.06. The minimum Gasteiger partial charge on any atom is -0.550 e. The van der Waals surface area contributed by atoms with Gasteiger partial charge in [-0.15, -0.1) is 0 Å². The summed E-state index contributed by atoms with van der Waals surface area (Å²) in [6.45, 7) is 0. The third kappa shape index (κ3) is 2.62. The van der Waals surface area contributed by atoms with Gasteiger partial charge < -0.3 is 15.6 Å². The van der Waals surface area contributed by atoms with Crippen LogP contribution in [0.25, 0.3) is 0 Å². The average molecular weight is 164 g/mol. The van der Waals surface area contributed by atoms with Gasteiger partial charge in [0.2, 0.25) is 0 Å². The average Bonchev–Trinajstić information content (AvgIpc) is 2.03. The summed E-state index contributed by atoms with van der Waals surface area (Å²) in [5.41, 5.74) is 7.11. The summed E-state index contributed by atoms with van der Waals surface area (Å²) in [6, 6.07) is 7.14. The van der Waals surface area contributed by atoms with E-state index in [0.29, 0.717) is 12.1 Å². The Balaban J connectivity index is 2.53. The third-order valence-electron chi connectivity index (χ3n) is 1.60. The lowest BCUT2D eigenvalue weighted by Gasteiger charge is -2.02. The van der Waals surface area contributed by atoms with Gasteiger partial charge >= 0.3 is 0 Å². The number of carboxylic acid groups (broad SMARTS) is 1. The molecule has 0 bridgehead atoms. The van der Waals surface area contributed by atoms with Crippen LogP contribution in [0.3, 0.4) is 0 Å². The summed E-state index contributed by atoms with van der Waals surface area (Å²) in [7, 11) is 0. The summed E-state index contributed by atoms with van der Waals surface area (Å²) in [5.74, 6) is -1.02. The molecule has 0 spiro atoms. The van der Waals surface area contributed by atoms with Crippen molar-refractivity contribution in [3.05, 3.63) is 29.8 Å². The molecule has 3 nitrogen and oxygen atoms in total. The van der Waals surface area contributed by atoms with Gasteiger partial charge in [-0.05, 0) is 30.5 Å². The first-order valence-corrected chi connectivity index (χ1v) is 3.73. The Morgan fingerprint density at radius 1 is 1.33 bits per heavy atom. The number of anilines is 1. The second-order valence-electron chi connectivity index (χ2n) is 2.61. The number of aryl methyl sites for hydroxylation is 1. The van der Waals surface area contributed by atoms with Gasteiger partial charge in [0.15, 0.2) is 0 Å². The van der Waals surface area contributed by atoms with E-state index in [1.54, 1.807) is 12.1 Å². The summed E-state index contributed by atoms with van der Waals surface area (Å²) < 4.78 is 0. The van der Waals surface area contributed by atoms with Crippen molar-refractivity contribution in [3.63, 3.8) is 0 Å². The predicted octanol–water partition coefficient (Wildman–Crippen LogP) is -0.0487. The third-order valence-corrected chi connectivity index (χ3v) is 1.60. The maximum Gasteiger partial charge on any atom is 0.0417 e. The zero-order valence-electron chi connectivity index (χ0n) is 6.62. The first-order valence-electron chi connectivity index (χ1n) is 3.73. The van der Waals surface area contributed by atoms with E-state index < -0.39 is 5.97 Å². The zero-order valence-corrected chi connectivity index (χ0v) is 6.62. The molecule has 0 amide bonds. The molecule has 0 atom stereocenters. The number of hydrogen-bond donors (Lipinski definition) is 1. The maximum absolute atomic E-state index is 10.1. The zero-order chi connectivity index (χ0) is 8.97. The van der Waals surface area contributed by atoms with Gasteiger partial charge in [0.25, 0.3) is 0 Å². The summed E-state index contributed by atoms with van der Waals surface area (Å²) in [6.07, 6.45) is 0.562. The molecule has 64 valence electrons. The molecule has 1 aromatic rings. The molecule has 0 fully saturated rings. The Morgan fingerprint density at radius 2 is 1.92 bits per heavy atom. The predicted molar refractivity (Wildman–Crippen MR) is 44.2 cm³/mol. The van der Waals surface area contributed by atoms with Gasteiger partial charge in [-0.1, -0.05) is 12.1 Å². The molecule has 0 saturated heterocycles. The molecule has 0 aliphatic carbocycles. The van der Waals surface area contributed by atoms with Crippen LogP contribution < -0.4 is 10.8 Å². The fraction of sp³-hybridized carbons (Fsp3) is 0.222. The first kappa shape index (κ1) is 8.59. The van der Waals surface area contributed by atoms with Crippen molar-refractivity contribution in [3.8, 4) is 0 Å². The van der Waals surface area contributed by atoms with Gasteiger partial charge in [-0.3, -0.25) is 0 Å². The monoisotopic (exact) mass is 164 g/mol. The van der Waals surface area contributed by atoms with Crippen molar-refractivity contribution < 1.29 is 9.90 Å². The SMILES string of the molecule is Nc1ccc(CCC(=O)[O-])cc1.